The number of halogens is 2. The highest BCUT2D eigenvalue weighted by atomic mass is 35.5. The van der Waals surface area contributed by atoms with E-state index >= 15 is 0 Å². The summed E-state index contributed by atoms with van der Waals surface area (Å²) in [6.45, 7) is 4.29. The summed E-state index contributed by atoms with van der Waals surface area (Å²) in [6, 6.07) is 10.6. The van der Waals surface area contributed by atoms with Crippen LogP contribution in [0.5, 0.6) is 0 Å². The zero-order valence-electron chi connectivity index (χ0n) is 17.1. The van der Waals surface area contributed by atoms with Crippen molar-refractivity contribution in [1.82, 2.24) is 4.90 Å². The van der Waals surface area contributed by atoms with Gasteiger partial charge in [-0.3, -0.25) is 9.69 Å². The highest BCUT2D eigenvalue weighted by Crippen LogP contribution is 2.34. The summed E-state index contributed by atoms with van der Waals surface area (Å²) in [6.07, 6.45) is 3.30. The Kier molecular flexibility index (Phi) is 5.73. The normalized spacial score (nSPS) is 20.4. The number of fused-ring (bicyclic) bond motifs is 1. The topological polar surface area (TPSA) is 70.1 Å². The third-order valence-electron chi connectivity index (χ3n) is 5.70. The molecule has 2 amide bonds. The number of carbonyl (C=O) groups is 2. The number of carboxylic acid groups (broad SMARTS) is 1. The number of hydrogen-bond donors (Lipinski definition) is 1. The van der Waals surface area contributed by atoms with Crippen molar-refractivity contribution in [2.75, 3.05) is 18.1 Å². The molecule has 162 valence electrons. The van der Waals surface area contributed by atoms with Gasteiger partial charge in [0.2, 0.25) is 0 Å². The number of anilines is 1. The first-order chi connectivity index (χ1) is 14.7. The fourth-order valence-electron chi connectivity index (χ4n) is 4.09. The Morgan fingerprint density at radius 2 is 1.90 bits per heavy atom. The molecular weight excluding hydrogens is 439 g/mol. The van der Waals surface area contributed by atoms with Gasteiger partial charge in [0, 0.05) is 17.8 Å². The number of carbonyl (C=O) groups excluding carboxylic acids is 1. The summed E-state index contributed by atoms with van der Waals surface area (Å²) in [5, 5.41) is 10.4. The van der Waals surface area contributed by atoms with Crippen LogP contribution in [0.25, 0.3) is 6.08 Å². The summed E-state index contributed by atoms with van der Waals surface area (Å²) in [4.78, 5) is 27.6. The van der Waals surface area contributed by atoms with Gasteiger partial charge in [0.1, 0.15) is 5.72 Å². The summed E-state index contributed by atoms with van der Waals surface area (Å²) in [5.41, 5.74) is 2.19. The highest BCUT2D eigenvalue weighted by Gasteiger charge is 2.42. The first kappa shape index (κ1) is 21.7. The van der Waals surface area contributed by atoms with Gasteiger partial charge in [-0.25, -0.2) is 4.79 Å². The van der Waals surface area contributed by atoms with Crippen molar-refractivity contribution in [1.29, 1.82) is 0 Å². The summed E-state index contributed by atoms with van der Waals surface area (Å²) in [7, 11) is 0. The van der Waals surface area contributed by atoms with Crippen molar-refractivity contribution in [2.24, 2.45) is 0 Å². The molecule has 2 heterocycles. The average Bonchev–Trinajstić information content (AvgIpc) is 3.04. The molecule has 6 nitrogen and oxygen atoms in total. The Labute approximate surface area is 190 Å². The number of benzene rings is 2. The minimum atomic E-state index is -1.02. The van der Waals surface area contributed by atoms with E-state index in [1.807, 2.05) is 36.4 Å². The van der Waals surface area contributed by atoms with Crippen LogP contribution in [0.3, 0.4) is 0 Å². The van der Waals surface area contributed by atoms with Crippen LogP contribution in [0, 0.1) is 0 Å². The zero-order valence-corrected chi connectivity index (χ0v) is 18.7. The van der Waals surface area contributed by atoms with Crippen LogP contribution < -0.4 is 4.90 Å². The van der Waals surface area contributed by atoms with Crippen LogP contribution in [0.2, 0.25) is 10.0 Å². The van der Waals surface area contributed by atoms with Crippen LogP contribution in [0.1, 0.15) is 35.3 Å². The molecule has 1 saturated heterocycles. The SMILES string of the molecule is CC1(C)OCC(C=Cc2ccc(N3CCc4c(ccc(Cl)c4Cl)C3=O)cc2)N1C(=O)O. The Balaban J connectivity index is 1.50. The van der Waals surface area contributed by atoms with Crippen LogP contribution in [-0.4, -0.2) is 46.9 Å². The quantitative estimate of drug-likeness (QED) is 0.672. The van der Waals surface area contributed by atoms with Gasteiger partial charge in [0.15, 0.2) is 0 Å². The lowest BCUT2D eigenvalue weighted by atomic mass is 9.98. The number of amides is 2. The highest BCUT2D eigenvalue weighted by molar-refractivity contribution is 6.43. The van der Waals surface area contributed by atoms with E-state index in [9.17, 15) is 14.7 Å². The van der Waals surface area contributed by atoms with Gasteiger partial charge in [-0.05, 0) is 55.7 Å². The minimum absolute atomic E-state index is 0.106. The van der Waals surface area contributed by atoms with Crippen LogP contribution in [0.4, 0.5) is 10.5 Å². The second-order valence-electron chi connectivity index (χ2n) is 8.02. The van der Waals surface area contributed by atoms with Gasteiger partial charge in [-0.1, -0.05) is 47.5 Å². The van der Waals surface area contributed by atoms with Crippen LogP contribution in [0.15, 0.2) is 42.5 Å². The lowest BCUT2D eigenvalue weighted by Gasteiger charge is -2.30. The second kappa shape index (κ2) is 8.19. The second-order valence-corrected chi connectivity index (χ2v) is 8.81. The molecule has 0 aromatic heterocycles. The van der Waals surface area contributed by atoms with Gasteiger partial charge in [0.25, 0.3) is 5.91 Å². The molecule has 0 aliphatic carbocycles. The zero-order chi connectivity index (χ0) is 22.3. The van der Waals surface area contributed by atoms with Crippen molar-refractivity contribution in [2.45, 2.75) is 32.0 Å². The standard InChI is InChI=1S/C23H22Cl2N2O4/c1-23(2)27(22(29)30)16(13-31-23)8-5-14-3-6-15(7-4-14)26-12-11-17-18(21(26)28)9-10-19(24)20(17)25/h3-10,16H,11-13H2,1-2H3,(H,29,30). The van der Waals surface area contributed by atoms with Gasteiger partial charge in [-0.2, -0.15) is 0 Å². The lowest BCUT2D eigenvalue weighted by Crippen LogP contribution is -2.46. The summed E-state index contributed by atoms with van der Waals surface area (Å²) < 4.78 is 5.60. The maximum Gasteiger partial charge on any atom is 0.410 e. The van der Waals surface area contributed by atoms with E-state index < -0.39 is 11.8 Å². The predicted octanol–water partition coefficient (Wildman–Crippen LogP) is 5.32. The molecule has 2 aromatic rings. The van der Waals surface area contributed by atoms with Gasteiger partial charge < -0.3 is 14.7 Å². The smallest absolute Gasteiger partial charge is 0.410 e. The molecule has 1 atom stereocenters. The van der Waals surface area contributed by atoms with E-state index in [1.165, 1.54) is 4.90 Å². The van der Waals surface area contributed by atoms with E-state index in [0.29, 0.717) is 35.2 Å². The largest absolute Gasteiger partial charge is 0.465 e. The Morgan fingerprint density at radius 3 is 2.58 bits per heavy atom. The lowest BCUT2D eigenvalue weighted by molar-refractivity contribution is -0.0409. The Morgan fingerprint density at radius 1 is 1.19 bits per heavy atom. The predicted molar refractivity (Wildman–Crippen MR) is 121 cm³/mol. The molecule has 2 aliphatic heterocycles. The number of nitrogens with zero attached hydrogens (tertiary/aromatic N) is 2. The van der Waals surface area contributed by atoms with E-state index in [1.54, 1.807) is 30.9 Å². The van der Waals surface area contributed by atoms with Crippen molar-refractivity contribution >= 4 is 47.0 Å². The molecule has 1 fully saturated rings. The molecule has 2 aromatic carbocycles. The Hall–Kier alpha value is -2.54. The maximum atomic E-state index is 13.0. The monoisotopic (exact) mass is 460 g/mol. The molecule has 4 rings (SSSR count). The molecule has 2 aliphatic rings. The third kappa shape index (κ3) is 4.03. The maximum absolute atomic E-state index is 13.0. The minimum Gasteiger partial charge on any atom is -0.465 e. The van der Waals surface area contributed by atoms with Gasteiger partial charge in [0.05, 0.1) is 22.7 Å². The molecule has 0 saturated carbocycles. The van der Waals surface area contributed by atoms with Crippen molar-refractivity contribution in [3.8, 4) is 0 Å². The Bertz CT molecular complexity index is 1070. The van der Waals surface area contributed by atoms with E-state index in [4.69, 9.17) is 27.9 Å². The number of hydrogen-bond acceptors (Lipinski definition) is 3. The first-order valence-corrected chi connectivity index (χ1v) is 10.7. The molecule has 31 heavy (non-hydrogen) atoms. The number of ether oxygens (including phenoxy) is 1. The molecule has 0 bridgehead atoms. The van der Waals surface area contributed by atoms with E-state index in [2.05, 4.69) is 0 Å². The molecule has 1 N–H and O–H groups in total. The summed E-state index contributed by atoms with van der Waals surface area (Å²) >= 11 is 12.3. The van der Waals surface area contributed by atoms with Crippen molar-refractivity contribution in [3.63, 3.8) is 0 Å². The molecule has 1 unspecified atom stereocenters. The average molecular weight is 461 g/mol. The molecule has 8 heteroatoms. The third-order valence-corrected chi connectivity index (χ3v) is 6.54. The van der Waals surface area contributed by atoms with Crippen LogP contribution in [-0.2, 0) is 11.2 Å². The van der Waals surface area contributed by atoms with Gasteiger partial charge >= 0.3 is 6.09 Å². The molecule has 0 spiro atoms. The van der Waals surface area contributed by atoms with Crippen molar-refractivity contribution < 1.29 is 19.4 Å². The first-order valence-electron chi connectivity index (χ1n) is 9.92. The van der Waals surface area contributed by atoms with Gasteiger partial charge in [-0.15, -0.1) is 0 Å². The fourth-order valence-corrected chi connectivity index (χ4v) is 4.52. The number of rotatable bonds is 3. The molecular formula is C23H22Cl2N2O4. The fraction of sp³-hybridized carbons (Fsp3) is 0.304. The molecule has 0 radical (unpaired) electrons. The van der Waals surface area contributed by atoms with Crippen molar-refractivity contribution in [3.05, 3.63) is 69.2 Å². The summed E-state index contributed by atoms with van der Waals surface area (Å²) in [5.74, 6) is -0.106. The van der Waals surface area contributed by atoms with E-state index in [0.717, 1.165) is 16.8 Å². The van der Waals surface area contributed by atoms with E-state index in [-0.39, 0.29) is 11.9 Å². The van der Waals surface area contributed by atoms with Crippen LogP contribution >= 0.6 is 23.2 Å².